The molecule has 2 heteroatoms. The summed E-state index contributed by atoms with van der Waals surface area (Å²) in [4.78, 5) is 4.09. The van der Waals surface area contributed by atoms with Gasteiger partial charge in [0.25, 0.3) is 0 Å². The van der Waals surface area contributed by atoms with Crippen LogP contribution in [0.5, 0.6) is 0 Å². The van der Waals surface area contributed by atoms with Gasteiger partial charge in [-0.3, -0.25) is 0 Å². The fourth-order valence-electron chi connectivity index (χ4n) is 0.595. The molecule has 11 heavy (non-hydrogen) atoms. The molecule has 0 saturated carbocycles. The summed E-state index contributed by atoms with van der Waals surface area (Å²) in [6.07, 6.45) is 4.89. The van der Waals surface area contributed by atoms with Gasteiger partial charge in [-0.15, -0.1) is 0 Å². The van der Waals surface area contributed by atoms with Crippen molar-refractivity contribution < 1.29 is 0 Å². The van der Waals surface area contributed by atoms with Gasteiger partial charge in [-0.05, 0) is 18.9 Å². The summed E-state index contributed by atoms with van der Waals surface area (Å²) in [5.41, 5.74) is 1.22. The second-order valence-electron chi connectivity index (χ2n) is 2.17. The number of aliphatic imine (C=N–C) groups is 1. The van der Waals surface area contributed by atoms with E-state index in [1.807, 2.05) is 19.2 Å². The Morgan fingerprint density at radius 1 is 1.64 bits per heavy atom. The zero-order chi connectivity index (χ0) is 8.69. The van der Waals surface area contributed by atoms with E-state index in [4.69, 9.17) is 0 Å². The van der Waals surface area contributed by atoms with Gasteiger partial charge in [0.2, 0.25) is 0 Å². The average Bonchev–Trinajstić information content (AvgIpc) is 2.06. The molecule has 0 aliphatic rings. The van der Waals surface area contributed by atoms with Crippen LogP contribution in [0.1, 0.15) is 20.3 Å². The predicted octanol–water partition coefficient (Wildman–Crippen LogP) is 2.10. The molecule has 0 heterocycles. The number of nitrogens with one attached hydrogen (secondary N) is 1. The fraction of sp³-hybridized carbons (Fsp3) is 0.444. The predicted molar refractivity (Wildman–Crippen MR) is 50.7 cm³/mol. The molecule has 0 saturated heterocycles. The van der Waals surface area contributed by atoms with Gasteiger partial charge in [0.05, 0.1) is 0 Å². The molecule has 1 N–H and O–H groups in total. The van der Waals surface area contributed by atoms with Crippen LogP contribution in [0.2, 0.25) is 0 Å². The Morgan fingerprint density at radius 3 is 2.64 bits per heavy atom. The standard InChI is InChI=1S/C9H16N2/c1-5-9(6-2)7-11-8(3)10-4/h5,7,10H,3,6H2,1-2,4H3/b9-5-,11-7?. The van der Waals surface area contributed by atoms with Crippen molar-refractivity contribution in [3.05, 3.63) is 24.0 Å². The first kappa shape index (κ1) is 9.95. The van der Waals surface area contributed by atoms with Gasteiger partial charge in [-0.1, -0.05) is 19.6 Å². The highest BCUT2D eigenvalue weighted by atomic mass is 15.0. The molecule has 0 aromatic rings. The van der Waals surface area contributed by atoms with Gasteiger partial charge >= 0.3 is 0 Å². The fourth-order valence-corrected chi connectivity index (χ4v) is 0.595. The lowest BCUT2D eigenvalue weighted by Gasteiger charge is -1.96. The minimum absolute atomic E-state index is 0.692. The highest BCUT2D eigenvalue weighted by molar-refractivity contribution is 5.78. The van der Waals surface area contributed by atoms with E-state index < -0.39 is 0 Å². The van der Waals surface area contributed by atoms with Crippen LogP contribution < -0.4 is 5.32 Å². The minimum Gasteiger partial charge on any atom is -0.374 e. The molecule has 0 aliphatic carbocycles. The summed E-state index contributed by atoms with van der Waals surface area (Å²) in [5, 5.41) is 2.85. The zero-order valence-electron chi connectivity index (χ0n) is 7.52. The molecule has 2 nitrogen and oxygen atoms in total. The second-order valence-corrected chi connectivity index (χ2v) is 2.17. The zero-order valence-corrected chi connectivity index (χ0v) is 7.52. The van der Waals surface area contributed by atoms with Crippen molar-refractivity contribution in [2.75, 3.05) is 7.05 Å². The largest absolute Gasteiger partial charge is 0.374 e. The molecule has 0 atom stereocenters. The molecular weight excluding hydrogens is 136 g/mol. The Balaban J connectivity index is 4.00. The maximum absolute atomic E-state index is 4.09. The van der Waals surface area contributed by atoms with E-state index in [-0.39, 0.29) is 0 Å². The first-order chi connectivity index (χ1) is 5.24. The van der Waals surface area contributed by atoms with E-state index in [9.17, 15) is 0 Å². The van der Waals surface area contributed by atoms with Crippen LogP contribution in [0.15, 0.2) is 29.0 Å². The van der Waals surface area contributed by atoms with Crippen molar-refractivity contribution in [1.82, 2.24) is 5.32 Å². The van der Waals surface area contributed by atoms with Gasteiger partial charge in [0, 0.05) is 13.3 Å². The number of nitrogens with zero attached hydrogens (tertiary/aromatic N) is 1. The Bertz CT molecular complexity index is 178. The van der Waals surface area contributed by atoms with Crippen molar-refractivity contribution in [3.8, 4) is 0 Å². The second kappa shape index (κ2) is 5.71. The summed E-state index contributed by atoms with van der Waals surface area (Å²) in [5.74, 6) is 0.692. The van der Waals surface area contributed by atoms with Gasteiger partial charge < -0.3 is 5.32 Å². The Kier molecular flexibility index (Phi) is 5.17. The van der Waals surface area contributed by atoms with Crippen LogP contribution >= 0.6 is 0 Å². The third-order valence-electron chi connectivity index (χ3n) is 1.45. The Hall–Kier alpha value is -1.05. The van der Waals surface area contributed by atoms with E-state index in [1.165, 1.54) is 5.57 Å². The van der Waals surface area contributed by atoms with Crippen molar-refractivity contribution in [3.63, 3.8) is 0 Å². The van der Waals surface area contributed by atoms with E-state index in [0.717, 1.165) is 6.42 Å². The minimum atomic E-state index is 0.692. The Labute approximate surface area is 68.7 Å². The molecule has 0 fully saturated rings. The van der Waals surface area contributed by atoms with Crippen molar-refractivity contribution in [2.45, 2.75) is 20.3 Å². The van der Waals surface area contributed by atoms with Crippen LogP contribution in [0.3, 0.4) is 0 Å². The maximum atomic E-state index is 4.09. The van der Waals surface area contributed by atoms with E-state index in [2.05, 4.69) is 23.8 Å². The number of rotatable bonds is 4. The highest BCUT2D eigenvalue weighted by Gasteiger charge is 1.85. The number of hydrogen-bond acceptors (Lipinski definition) is 2. The quantitative estimate of drug-likeness (QED) is 0.613. The third-order valence-corrected chi connectivity index (χ3v) is 1.45. The van der Waals surface area contributed by atoms with Crippen molar-refractivity contribution in [1.29, 1.82) is 0 Å². The monoisotopic (exact) mass is 152 g/mol. The lowest BCUT2D eigenvalue weighted by Crippen LogP contribution is -2.01. The van der Waals surface area contributed by atoms with Crippen molar-refractivity contribution in [2.24, 2.45) is 4.99 Å². The molecule has 0 rings (SSSR count). The first-order valence-electron chi connectivity index (χ1n) is 3.80. The molecule has 0 unspecified atom stereocenters. The lowest BCUT2D eigenvalue weighted by molar-refractivity contribution is 0.975. The molecule has 0 amide bonds. The molecule has 0 aromatic carbocycles. The van der Waals surface area contributed by atoms with E-state index in [1.54, 1.807) is 7.05 Å². The summed E-state index contributed by atoms with van der Waals surface area (Å²) in [6, 6.07) is 0. The van der Waals surface area contributed by atoms with Crippen LogP contribution in [0.25, 0.3) is 0 Å². The van der Waals surface area contributed by atoms with Crippen LogP contribution in [-0.2, 0) is 0 Å². The smallest absolute Gasteiger partial charge is 0.118 e. The lowest BCUT2D eigenvalue weighted by atomic mass is 10.2. The molecule has 0 spiro atoms. The summed E-state index contributed by atoms with van der Waals surface area (Å²) >= 11 is 0. The summed E-state index contributed by atoms with van der Waals surface area (Å²) in [7, 11) is 1.81. The van der Waals surface area contributed by atoms with Crippen molar-refractivity contribution >= 4 is 6.21 Å². The van der Waals surface area contributed by atoms with Gasteiger partial charge in [0.15, 0.2) is 0 Å². The first-order valence-corrected chi connectivity index (χ1v) is 3.80. The molecule has 62 valence electrons. The summed E-state index contributed by atoms with van der Waals surface area (Å²) < 4.78 is 0. The SMILES string of the molecule is C=C(N=C/C(=C\C)CC)NC. The summed E-state index contributed by atoms with van der Waals surface area (Å²) in [6.45, 7) is 7.79. The van der Waals surface area contributed by atoms with Crippen LogP contribution in [0, 0.1) is 0 Å². The topological polar surface area (TPSA) is 24.4 Å². The molecule has 0 bridgehead atoms. The maximum Gasteiger partial charge on any atom is 0.118 e. The Morgan fingerprint density at radius 2 is 2.27 bits per heavy atom. The normalized spacial score (nSPS) is 12.1. The van der Waals surface area contributed by atoms with Crippen LogP contribution in [-0.4, -0.2) is 13.3 Å². The average molecular weight is 152 g/mol. The molecular formula is C9H16N2. The molecule has 0 aliphatic heterocycles. The number of hydrogen-bond donors (Lipinski definition) is 1. The van der Waals surface area contributed by atoms with Crippen LogP contribution in [0.4, 0.5) is 0 Å². The van der Waals surface area contributed by atoms with Gasteiger partial charge in [-0.25, -0.2) is 4.99 Å². The number of allylic oxidation sites excluding steroid dienone is 2. The third kappa shape index (κ3) is 4.37. The highest BCUT2D eigenvalue weighted by Crippen LogP contribution is 1.96. The van der Waals surface area contributed by atoms with E-state index >= 15 is 0 Å². The van der Waals surface area contributed by atoms with Gasteiger partial charge in [0.1, 0.15) is 5.82 Å². The molecule has 0 radical (unpaired) electrons. The van der Waals surface area contributed by atoms with E-state index in [0.29, 0.717) is 5.82 Å². The van der Waals surface area contributed by atoms with Gasteiger partial charge in [-0.2, -0.15) is 0 Å². The molecule has 0 aromatic heterocycles.